The minimum atomic E-state index is -0.337. The maximum atomic E-state index is 12.2. The Morgan fingerprint density at radius 2 is 1.54 bits per heavy atom. The second-order valence-electron chi connectivity index (χ2n) is 14.5. The first-order valence-corrected chi connectivity index (χ1v) is 17.4. The van der Waals surface area contributed by atoms with Gasteiger partial charge in [0.25, 0.3) is 0 Å². The standard InChI is InChI=1S/C28H21N2O2.C15H28O2.Ir/c1-28(2,3)23-13-20(12-17-6-4-5-7-21(17)23)25-27-18(8-10-30-25)14-24(32-27)22-16-29-15-19-9-11-31-26(19)22;1-7-14(5,8-2)12(16)11-13(17)15(6,9-3)10-4;/h4-11,13-16H,1-3H3;11,16H,7-10H2,1-6H3;/q-1;;/b;12-11-;. The number of aliphatic hydroxyl groups excluding tert-OH is 1. The fraction of sp³-hybridized carbons (Fsp3) is 0.372. The third kappa shape index (κ3) is 7.65. The number of allylic oxidation sites excluding steroid dienone is 2. The Morgan fingerprint density at radius 3 is 2.20 bits per heavy atom. The zero-order valence-electron chi connectivity index (χ0n) is 30.7. The molecule has 0 saturated heterocycles. The molecular formula is C43H49IrN2O4-. The van der Waals surface area contributed by atoms with Crippen molar-refractivity contribution in [3.05, 3.63) is 96.8 Å². The zero-order chi connectivity index (χ0) is 35.6. The number of pyridine rings is 2. The molecule has 0 aliphatic heterocycles. The van der Waals surface area contributed by atoms with Crippen molar-refractivity contribution < 1.29 is 38.8 Å². The van der Waals surface area contributed by atoms with E-state index in [-0.39, 0.29) is 47.9 Å². The molecule has 50 heavy (non-hydrogen) atoms. The van der Waals surface area contributed by atoms with Gasteiger partial charge in [-0.2, -0.15) is 0 Å². The van der Waals surface area contributed by atoms with Crippen LogP contribution in [0.2, 0.25) is 0 Å². The van der Waals surface area contributed by atoms with E-state index in [1.54, 1.807) is 18.7 Å². The molecule has 0 saturated carbocycles. The Hall–Kier alpha value is -4.06. The Labute approximate surface area is 309 Å². The summed E-state index contributed by atoms with van der Waals surface area (Å²) >= 11 is 0. The summed E-state index contributed by atoms with van der Waals surface area (Å²) in [7, 11) is 0. The minimum Gasteiger partial charge on any atom is -0.512 e. The summed E-state index contributed by atoms with van der Waals surface area (Å²) in [6.07, 6.45) is 11.8. The normalized spacial score (nSPS) is 12.5. The molecular weight excluding hydrogens is 801 g/mol. The van der Waals surface area contributed by atoms with Crippen molar-refractivity contribution in [2.24, 2.45) is 10.8 Å². The molecule has 6 rings (SSSR count). The van der Waals surface area contributed by atoms with Crippen LogP contribution in [0.5, 0.6) is 0 Å². The Bertz CT molecular complexity index is 2120. The van der Waals surface area contributed by atoms with Gasteiger partial charge < -0.3 is 13.9 Å². The van der Waals surface area contributed by atoms with Gasteiger partial charge in [-0.05, 0) is 49.3 Å². The summed E-state index contributed by atoms with van der Waals surface area (Å²) in [6.45, 7) is 18.8. The van der Waals surface area contributed by atoms with Crippen LogP contribution in [0.4, 0.5) is 0 Å². The van der Waals surface area contributed by atoms with Gasteiger partial charge in [-0.25, -0.2) is 0 Å². The van der Waals surface area contributed by atoms with Crippen LogP contribution in [0.3, 0.4) is 0 Å². The molecule has 265 valence electrons. The summed E-state index contributed by atoms with van der Waals surface area (Å²) in [6, 6.07) is 20.0. The zero-order valence-corrected chi connectivity index (χ0v) is 33.1. The smallest absolute Gasteiger partial charge is 0.164 e. The molecule has 0 fully saturated rings. The topological polar surface area (TPSA) is 89.4 Å². The number of aliphatic hydroxyl groups is 1. The van der Waals surface area contributed by atoms with Crippen molar-refractivity contribution in [1.29, 1.82) is 0 Å². The fourth-order valence-electron chi connectivity index (χ4n) is 6.02. The predicted octanol–water partition coefficient (Wildman–Crippen LogP) is 12.2. The van der Waals surface area contributed by atoms with Crippen molar-refractivity contribution in [3.63, 3.8) is 0 Å². The van der Waals surface area contributed by atoms with Gasteiger partial charge in [0.2, 0.25) is 0 Å². The number of fused-ring (bicyclic) bond motifs is 3. The molecule has 0 atom stereocenters. The summed E-state index contributed by atoms with van der Waals surface area (Å²) in [5.74, 6) is 0.993. The molecule has 6 nitrogen and oxygen atoms in total. The summed E-state index contributed by atoms with van der Waals surface area (Å²) in [5.41, 5.74) is 4.67. The number of hydrogen-bond donors (Lipinski definition) is 1. The minimum absolute atomic E-state index is 0. The van der Waals surface area contributed by atoms with E-state index in [4.69, 9.17) is 13.8 Å². The van der Waals surface area contributed by atoms with Crippen molar-refractivity contribution >= 4 is 38.5 Å². The molecule has 0 amide bonds. The fourth-order valence-corrected chi connectivity index (χ4v) is 6.02. The largest absolute Gasteiger partial charge is 0.512 e. The van der Waals surface area contributed by atoms with Crippen molar-refractivity contribution in [2.75, 3.05) is 0 Å². The first-order valence-electron chi connectivity index (χ1n) is 17.4. The molecule has 4 heterocycles. The van der Waals surface area contributed by atoms with Crippen LogP contribution in [-0.2, 0) is 30.3 Å². The molecule has 0 unspecified atom stereocenters. The van der Waals surface area contributed by atoms with Gasteiger partial charge in [0.05, 0.1) is 11.8 Å². The second kappa shape index (κ2) is 15.4. The first-order chi connectivity index (χ1) is 23.3. The molecule has 6 aromatic rings. The maximum absolute atomic E-state index is 12.2. The Morgan fingerprint density at radius 1 is 0.860 bits per heavy atom. The summed E-state index contributed by atoms with van der Waals surface area (Å²) in [5, 5.41) is 14.3. The van der Waals surface area contributed by atoms with Crippen LogP contribution in [0.15, 0.2) is 94.1 Å². The van der Waals surface area contributed by atoms with Gasteiger partial charge in [0, 0.05) is 72.1 Å². The van der Waals surface area contributed by atoms with Gasteiger partial charge in [-0.3, -0.25) is 14.8 Å². The molecule has 7 heteroatoms. The van der Waals surface area contributed by atoms with Gasteiger partial charge in [0.15, 0.2) is 5.78 Å². The number of hydrogen-bond acceptors (Lipinski definition) is 6. The van der Waals surface area contributed by atoms with E-state index < -0.39 is 0 Å². The Balaban J connectivity index is 0.000000269. The molecule has 4 aromatic heterocycles. The number of benzene rings is 2. The number of carbonyl (C=O) groups excluding carboxylic acids is 1. The number of nitrogens with zero attached hydrogens (tertiary/aromatic N) is 2. The van der Waals surface area contributed by atoms with Crippen LogP contribution >= 0.6 is 0 Å². The van der Waals surface area contributed by atoms with Crippen LogP contribution in [0.25, 0.3) is 55.3 Å². The van der Waals surface area contributed by atoms with Crippen LogP contribution < -0.4 is 0 Å². The maximum Gasteiger partial charge on any atom is 0.164 e. The number of carbonyl (C=O) groups is 1. The molecule has 0 spiro atoms. The van der Waals surface area contributed by atoms with E-state index >= 15 is 0 Å². The molecule has 2 aromatic carbocycles. The van der Waals surface area contributed by atoms with Crippen LogP contribution in [0, 0.1) is 16.9 Å². The first kappa shape index (κ1) is 38.7. The number of rotatable bonds is 9. The third-order valence-electron chi connectivity index (χ3n) is 10.5. The molecule has 1 radical (unpaired) electrons. The van der Waals surface area contributed by atoms with E-state index in [1.165, 1.54) is 17.0 Å². The number of aromatic nitrogens is 2. The van der Waals surface area contributed by atoms with Gasteiger partial charge in [-0.1, -0.05) is 91.5 Å². The van der Waals surface area contributed by atoms with Gasteiger partial charge in [0.1, 0.15) is 22.7 Å². The SMILES string of the molecule is CC(C)(C)c1cc(-c2nccc3cc(-c4cncc5ccoc45)oc23)[c-]c2ccccc12.CCC(C)(CC)C(=O)/C=C(\O)C(C)(CC)CC.[Ir]. The van der Waals surface area contributed by atoms with Gasteiger partial charge in [-0.15, -0.1) is 29.1 Å². The number of furan rings is 2. The van der Waals surface area contributed by atoms with E-state index in [0.717, 1.165) is 69.8 Å². The predicted molar refractivity (Wildman–Crippen MR) is 201 cm³/mol. The van der Waals surface area contributed by atoms with E-state index in [9.17, 15) is 9.90 Å². The summed E-state index contributed by atoms with van der Waals surface area (Å²) in [4.78, 5) is 21.2. The molecule has 0 aliphatic rings. The van der Waals surface area contributed by atoms with Crippen molar-refractivity contribution in [2.45, 2.75) is 93.4 Å². The number of ketones is 1. The average molecular weight is 850 g/mol. The van der Waals surface area contributed by atoms with E-state index in [2.05, 4.69) is 56.1 Å². The van der Waals surface area contributed by atoms with E-state index in [1.807, 2.05) is 72.0 Å². The molecule has 1 N–H and O–H groups in total. The second-order valence-corrected chi connectivity index (χ2v) is 14.5. The average Bonchev–Trinajstić information content (AvgIpc) is 3.78. The van der Waals surface area contributed by atoms with Crippen molar-refractivity contribution in [3.8, 4) is 22.6 Å². The molecule has 0 aliphatic carbocycles. The van der Waals surface area contributed by atoms with Gasteiger partial charge >= 0.3 is 0 Å². The molecule has 0 bridgehead atoms. The Kier molecular flexibility index (Phi) is 12.0. The van der Waals surface area contributed by atoms with Crippen LogP contribution in [-0.4, -0.2) is 20.9 Å². The van der Waals surface area contributed by atoms with Crippen molar-refractivity contribution in [1.82, 2.24) is 9.97 Å². The van der Waals surface area contributed by atoms with Crippen LogP contribution in [0.1, 0.15) is 93.6 Å². The monoisotopic (exact) mass is 850 g/mol. The summed E-state index contributed by atoms with van der Waals surface area (Å²) < 4.78 is 12.1. The third-order valence-corrected chi connectivity index (χ3v) is 10.5. The van der Waals surface area contributed by atoms with E-state index in [0.29, 0.717) is 5.76 Å². The quantitative estimate of drug-likeness (QED) is 0.0885.